The van der Waals surface area contributed by atoms with Gasteiger partial charge in [0, 0.05) is 18.5 Å². The van der Waals surface area contributed by atoms with E-state index in [0.717, 1.165) is 36.2 Å². The molecule has 1 unspecified atom stereocenters. The van der Waals surface area contributed by atoms with Gasteiger partial charge in [-0.3, -0.25) is 4.99 Å². The van der Waals surface area contributed by atoms with Gasteiger partial charge in [0.05, 0.1) is 17.2 Å². The largest absolute Gasteiger partial charge is 0.356 e. The molecule has 0 aliphatic carbocycles. The van der Waals surface area contributed by atoms with Gasteiger partial charge in [-0.05, 0) is 31.7 Å². The minimum Gasteiger partial charge on any atom is -0.356 e. The zero-order valence-electron chi connectivity index (χ0n) is 14.8. The molecule has 4 nitrogen and oxygen atoms in total. The Labute approximate surface area is 166 Å². The summed E-state index contributed by atoms with van der Waals surface area (Å²) in [7, 11) is 1.81. The molecule has 0 aliphatic rings. The highest BCUT2D eigenvalue weighted by Crippen LogP contribution is 2.18. The molecular formula is C18H27IN4S. The zero-order valence-corrected chi connectivity index (χ0v) is 17.9. The predicted octanol–water partition coefficient (Wildman–Crippen LogP) is 4.24. The fourth-order valence-electron chi connectivity index (χ4n) is 2.48. The second kappa shape index (κ2) is 10.7. The lowest BCUT2D eigenvalue weighted by Crippen LogP contribution is -2.37. The van der Waals surface area contributed by atoms with Crippen LogP contribution in [-0.2, 0) is 6.54 Å². The molecule has 2 aromatic rings. The summed E-state index contributed by atoms with van der Waals surface area (Å²) in [6.07, 6.45) is 1.07. The molecule has 1 aromatic heterocycles. The monoisotopic (exact) mass is 458 g/mol. The first-order valence-electron chi connectivity index (χ1n) is 8.02. The Morgan fingerprint density at radius 2 is 1.92 bits per heavy atom. The first-order chi connectivity index (χ1) is 11.1. The maximum absolute atomic E-state index is 4.45. The summed E-state index contributed by atoms with van der Waals surface area (Å²) in [4.78, 5) is 10.0. The van der Waals surface area contributed by atoms with E-state index in [1.807, 2.05) is 6.92 Å². The minimum atomic E-state index is 0. The third kappa shape index (κ3) is 6.39. The fourth-order valence-corrected chi connectivity index (χ4v) is 3.35. The highest BCUT2D eigenvalue weighted by atomic mass is 127. The van der Waals surface area contributed by atoms with E-state index in [0.29, 0.717) is 5.92 Å². The Bertz CT molecular complexity index is 640. The van der Waals surface area contributed by atoms with Gasteiger partial charge in [0.25, 0.3) is 0 Å². The average molecular weight is 458 g/mol. The standard InChI is InChI=1S/C18H26N4S.HI/c1-13(16-8-6-5-7-9-16)10-11-20-18(19-4)21-12-17-14(2)22-15(3)23-17;/h5-9,13H,10-12H2,1-4H3,(H2,19,20,21);1H. The van der Waals surface area contributed by atoms with Crippen molar-refractivity contribution in [3.05, 3.63) is 51.5 Å². The predicted molar refractivity (Wildman–Crippen MR) is 115 cm³/mol. The number of rotatable bonds is 6. The molecule has 0 saturated heterocycles. The van der Waals surface area contributed by atoms with Gasteiger partial charge in [0.15, 0.2) is 5.96 Å². The quantitative estimate of drug-likeness (QED) is 0.387. The van der Waals surface area contributed by atoms with Gasteiger partial charge in [-0.1, -0.05) is 37.3 Å². The fraction of sp³-hybridized carbons (Fsp3) is 0.444. The summed E-state index contributed by atoms with van der Waals surface area (Å²) in [5, 5.41) is 7.86. The molecule has 1 atom stereocenters. The molecule has 0 fully saturated rings. The normalized spacial score (nSPS) is 12.4. The molecule has 24 heavy (non-hydrogen) atoms. The van der Waals surface area contributed by atoms with Crippen LogP contribution in [0.3, 0.4) is 0 Å². The van der Waals surface area contributed by atoms with E-state index in [-0.39, 0.29) is 24.0 Å². The van der Waals surface area contributed by atoms with Crippen molar-refractivity contribution in [1.29, 1.82) is 0 Å². The number of aromatic nitrogens is 1. The van der Waals surface area contributed by atoms with Crippen molar-refractivity contribution in [2.24, 2.45) is 4.99 Å². The lowest BCUT2D eigenvalue weighted by Gasteiger charge is -2.15. The third-order valence-corrected chi connectivity index (χ3v) is 4.95. The molecule has 0 aliphatic heterocycles. The summed E-state index contributed by atoms with van der Waals surface area (Å²) >= 11 is 1.74. The molecule has 2 rings (SSSR count). The van der Waals surface area contributed by atoms with Crippen LogP contribution in [0.25, 0.3) is 0 Å². The van der Waals surface area contributed by atoms with Crippen LogP contribution in [-0.4, -0.2) is 24.5 Å². The van der Waals surface area contributed by atoms with Gasteiger partial charge in [-0.25, -0.2) is 4.98 Å². The van der Waals surface area contributed by atoms with E-state index in [9.17, 15) is 0 Å². The highest BCUT2D eigenvalue weighted by Gasteiger charge is 2.07. The second-order valence-corrected chi connectivity index (χ2v) is 6.98. The van der Waals surface area contributed by atoms with Crippen LogP contribution in [0, 0.1) is 13.8 Å². The summed E-state index contributed by atoms with van der Waals surface area (Å²) in [6, 6.07) is 10.6. The number of hydrogen-bond acceptors (Lipinski definition) is 3. The number of thiazole rings is 1. The van der Waals surface area contributed by atoms with E-state index in [2.05, 4.69) is 64.8 Å². The van der Waals surface area contributed by atoms with Crippen molar-refractivity contribution in [3.63, 3.8) is 0 Å². The maximum atomic E-state index is 4.45. The van der Waals surface area contributed by atoms with E-state index in [4.69, 9.17) is 0 Å². The Balaban J connectivity index is 0.00000288. The van der Waals surface area contributed by atoms with Crippen molar-refractivity contribution >= 4 is 41.3 Å². The van der Waals surface area contributed by atoms with Crippen molar-refractivity contribution in [2.45, 2.75) is 39.7 Å². The highest BCUT2D eigenvalue weighted by molar-refractivity contribution is 14.0. The van der Waals surface area contributed by atoms with E-state index in [1.54, 1.807) is 18.4 Å². The average Bonchev–Trinajstić information content (AvgIpc) is 2.89. The van der Waals surface area contributed by atoms with Crippen LogP contribution >= 0.6 is 35.3 Å². The van der Waals surface area contributed by atoms with Gasteiger partial charge in [-0.2, -0.15) is 0 Å². The van der Waals surface area contributed by atoms with E-state index < -0.39 is 0 Å². The van der Waals surface area contributed by atoms with Crippen molar-refractivity contribution in [3.8, 4) is 0 Å². The van der Waals surface area contributed by atoms with Crippen LogP contribution in [0.15, 0.2) is 35.3 Å². The minimum absolute atomic E-state index is 0. The number of nitrogens with zero attached hydrogens (tertiary/aromatic N) is 2. The van der Waals surface area contributed by atoms with Crippen LogP contribution in [0.4, 0.5) is 0 Å². The summed E-state index contributed by atoms with van der Waals surface area (Å²) < 4.78 is 0. The van der Waals surface area contributed by atoms with Crippen molar-refractivity contribution < 1.29 is 0 Å². The van der Waals surface area contributed by atoms with Crippen LogP contribution in [0.2, 0.25) is 0 Å². The molecule has 6 heteroatoms. The van der Waals surface area contributed by atoms with Gasteiger partial charge < -0.3 is 10.6 Å². The first-order valence-corrected chi connectivity index (χ1v) is 8.84. The molecule has 2 N–H and O–H groups in total. The first kappa shape index (κ1) is 20.9. The number of aliphatic imine (C=N–C) groups is 1. The summed E-state index contributed by atoms with van der Waals surface area (Å²) in [5.41, 5.74) is 2.49. The number of hydrogen-bond donors (Lipinski definition) is 2. The van der Waals surface area contributed by atoms with Gasteiger partial charge in [0.1, 0.15) is 0 Å². The molecule has 0 spiro atoms. The molecule has 132 valence electrons. The van der Waals surface area contributed by atoms with Crippen LogP contribution in [0.1, 0.15) is 40.4 Å². The van der Waals surface area contributed by atoms with Crippen molar-refractivity contribution in [1.82, 2.24) is 15.6 Å². The SMILES string of the molecule is CN=C(NCCC(C)c1ccccc1)NCc1sc(C)nc1C.I. The van der Waals surface area contributed by atoms with Crippen LogP contribution < -0.4 is 10.6 Å². The Morgan fingerprint density at radius 1 is 1.21 bits per heavy atom. The second-order valence-electron chi connectivity index (χ2n) is 5.69. The molecule has 0 amide bonds. The topological polar surface area (TPSA) is 49.3 Å². The Hall–Kier alpha value is -1.15. The Kier molecular flexibility index (Phi) is 9.28. The molecular weight excluding hydrogens is 431 g/mol. The van der Waals surface area contributed by atoms with Gasteiger partial charge in [0.2, 0.25) is 0 Å². The van der Waals surface area contributed by atoms with E-state index in [1.165, 1.54) is 10.4 Å². The van der Waals surface area contributed by atoms with Crippen LogP contribution in [0.5, 0.6) is 0 Å². The number of nitrogens with one attached hydrogen (secondary N) is 2. The number of benzene rings is 1. The van der Waals surface area contributed by atoms with E-state index >= 15 is 0 Å². The Morgan fingerprint density at radius 3 is 2.50 bits per heavy atom. The third-order valence-electron chi connectivity index (χ3n) is 3.88. The number of aryl methyl sites for hydroxylation is 2. The maximum Gasteiger partial charge on any atom is 0.191 e. The lowest BCUT2D eigenvalue weighted by atomic mass is 9.98. The van der Waals surface area contributed by atoms with Gasteiger partial charge in [-0.15, -0.1) is 35.3 Å². The summed E-state index contributed by atoms with van der Waals surface area (Å²) in [5.74, 6) is 1.38. The van der Waals surface area contributed by atoms with Crippen molar-refractivity contribution in [2.75, 3.05) is 13.6 Å². The lowest BCUT2D eigenvalue weighted by molar-refractivity contribution is 0.652. The smallest absolute Gasteiger partial charge is 0.191 e. The number of guanidine groups is 1. The zero-order chi connectivity index (χ0) is 16.7. The molecule has 1 heterocycles. The number of halogens is 1. The molecule has 0 saturated carbocycles. The summed E-state index contributed by atoms with van der Waals surface area (Å²) in [6.45, 7) is 8.02. The molecule has 0 radical (unpaired) electrons. The molecule has 1 aromatic carbocycles. The molecule has 0 bridgehead atoms. The van der Waals surface area contributed by atoms with Gasteiger partial charge >= 0.3 is 0 Å².